The summed E-state index contributed by atoms with van der Waals surface area (Å²) in [6.45, 7) is 2.96. The predicted molar refractivity (Wildman–Crippen MR) is 94.0 cm³/mol. The summed E-state index contributed by atoms with van der Waals surface area (Å²) in [7, 11) is 0. The topological polar surface area (TPSA) is 115 Å². The number of ketones is 1. The summed E-state index contributed by atoms with van der Waals surface area (Å²) in [6, 6.07) is 0. The van der Waals surface area contributed by atoms with E-state index in [0.717, 1.165) is 25.7 Å². The summed E-state index contributed by atoms with van der Waals surface area (Å²) in [6.07, 6.45) is 6.71. The van der Waals surface area contributed by atoms with Crippen molar-refractivity contribution in [1.29, 1.82) is 0 Å². The third-order valence-electron chi connectivity index (χ3n) is 4.48. The average molecular weight is 352 g/mol. The molecule has 0 unspecified atom stereocenters. The van der Waals surface area contributed by atoms with E-state index in [-0.39, 0.29) is 29.6 Å². The van der Waals surface area contributed by atoms with Gasteiger partial charge in [-0.25, -0.2) is 4.79 Å². The smallest absolute Gasteiger partial charge is 0.330 e. The maximum atomic E-state index is 12.3. The number of allylic oxidation sites excluding steroid dienone is 1. The van der Waals surface area contributed by atoms with E-state index in [1.807, 2.05) is 6.08 Å². The van der Waals surface area contributed by atoms with Crippen LogP contribution in [0.1, 0.15) is 52.4 Å². The maximum absolute atomic E-state index is 12.3. The Balaban J connectivity index is 3.04. The molecule has 0 aromatic heterocycles. The Kier molecular flexibility index (Phi) is 8.22. The molecular formula is C19H28O6. The highest BCUT2D eigenvalue weighted by Gasteiger charge is 2.44. The molecule has 0 aliphatic heterocycles. The Morgan fingerprint density at radius 2 is 2.04 bits per heavy atom. The first kappa shape index (κ1) is 21.3. The molecule has 6 heteroatoms. The second-order valence-electron chi connectivity index (χ2n) is 6.49. The molecule has 4 N–H and O–H groups in total. The van der Waals surface area contributed by atoms with Crippen molar-refractivity contribution in [2.24, 2.45) is 0 Å². The van der Waals surface area contributed by atoms with Crippen LogP contribution in [0, 0.1) is 0 Å². The summed E-state index contributed by atoms with van der Waals surface area (Å²) in [5.41, 5.74) is -1.45. The second-order valence-corrected chi connectivity index (χ2v) is 6.49. The lowest BCUT2D eigenvalue weighted by molar-refractivity contribution is -0.132. The molecule has 6 nitrogen and oxygen atoms in total. The van der Waals surface area contributed by atoms with E-state index in [9.17, 15) is 24.9 Å². The molecule has 0 heterocycles. The minimum Gasteiger partial charge on any atom is -0.478 e. The van der Waals surface area contributed by atoms with Crippen LogP contribution in [0.2, 0.25) is 0 Å². The van der Waals surface area contributed by atoms with Crippen LogP contribution >= 0.6 is 0 Å². The van der Waals surface area contributed by atoms with Crippen LogP contribution in [0.15, 0.2) is 34.9 Å². The first-order valence-corrected chi connectivity index (χ1v) is 8.61. The third-order valence-corrected chi connectivity index (χ3v) is 4.48. The van der Waals surface area contributed by atoms with Gasteiger partial charge in [-0.05, 0) is 31.8 Å². The molecule has 1 aliphatic rings. The fourth-order valence-corrected chi connectivity index (χ4v) is 2.79. The van der Waals surface area contributed by atoms with Gasteiger partial charge in [0.05, 0.1) is 6.61 Å². The SMILES string of the molecule is CCCCC/C=C/C1=C(CO)C(=O)C[C@@](O)(C/C=C(\C)C(=O)O)[C@H]1O. The molecule has 1 rings (SSSR count). The normalized spacial score (nSPS) is 25.1. The number of hydrogen-bond acceptors (Lipinski definition) is 5. The van der Waals surface area contributed by atoms with Gasteiger partial charge in [-0.3, -0.25) is 4.79 Å². The number of Topliss-reactive ketones (excluding diaryl/α,β-unsaturated/α-hetero) is 1. The van der Waals surface area contributed by atoms with Crippen molar-refractivity contribution in [2.75, 3.05) is 6.61 Å². The molecule has 0 aromatic carbocycles. The van der Waals surface area contributed by atoms with Gasteiger partial charge in [0.2, 0.25) is 0 Å². The molecule has 0 bridgehead atoms. The largest absolute Gasteiger partial charge is 0.478 e. The molecule has 1 aliphatic carbocycles. The number of hydrogen-bond donors (Lipinski definition) is 4. The fourth-order valence-electron chi connectivity index (χ4n) is 2.79. The van der Waals surface area contributed by atoms with Crippen LogP contribution in [0.25, 0.3) is 0 Å². The number of unbranched alkanes of at least 4 members (excludes halogenated alkanes) is 3. The summed E-state index contributed by atoms with van der Waals surface area (Å²) in [5, 5.41) is 39.6. The molecule has 0 fully saturated rings. The molecule has 140 valence electrons. The Morgan fingerprint density at radius 1 is 1.36 bits per heavy atom. The first-order valence-electron chi connectivity index (χ1n) is 8.61. The lowest BCUT2D eigenvalue weighted by Gasteiger charge is -2.37. The second kappa shape index (κ2) is 9.65. The quantitative estimate of drug-likeness (QED) is 0.372. The summed E-state index contributed by atoms with van der Waals surface area (Å²) in [5.74, 6) is -1.56. The van der Waals surface area contributed by atoms with Crippen LogP contribution in [-0.4, -0.2) is 50.5 Å². The van der Waals surface area contributed by atoms with Crippen molar-refractivity contribution in [3.05, 3.63) is 34.9 Å². The average Bonchev–Trinajstić information content (AvgIpc) is 2.56. The zero-order chi connectivity index (χ0) is 19.0. The number of carbonyl (C=O) groups is 2. The van der Waals surface area contributed by atoms with E-state index in [1.165, 1.54) is 13.0 Å². The van der Waals surface area contributed by atoms with Crippen molar-refractivity contribution < 1.29 is 30.0 Å². The van der Waals surface area contributed by atoms with Gasteiger partial charge in [0.25, 0.3) is 0 Å². The van der Waals surface area contributed by atoms with Gasteiger partial charge in [0.15, 0.2) is 5.78 Å². The van der Waals surface area contributed by atoms with E-state index in [0.29, 0.717) is 0 Å². The summed E-state index contributed by atoms with van der Waals surface area (Å²) < 4.78 is 0. The van der Waals surface area contributed by atoms with Gasteiger partial charge in [-0.2, -0.15) is 0 Å². The van der Waals surface area contributed by atoms with Crippen LogP contribution in [0.4, 0.5) is 0 Å². The van der Waals surface area contributed by atoms with Crippen LogP contribution < -0.4 is 0 Å². The fraction of sp³-hybridized carbons (Fsp3) is 0.579. The van der Waals surface area contributed by atoms with Gasteiger partial charge in [-0.1, -0.05) is 38.0 Å². The molecule has 0 saturated heterocycles. The molecular weight excluding hydrogens is 324 g/mol. The van der Waals surface area contributed by atoms with Crippen molar-refractivity contribution >= 4 is 11.8 Å². The first-order chi connectivity index (χ1) is 11.8. The number of carbonyl (C=O) groups excluding carboxylic acids is 1. The Morgan fingerprint density at radius 3 is 2.60 bits per heavy atom. The maximum Gasteiger partial charge on any atom is 0.330 e. The highest BCUT2D eigenvalue weighted by atomic mass is 16.4. The van der Waals surface area contributed by atoms with Crippen LogP contribution in [0.5, 0.6) is 0 Å². The molecule has 2 atom stereocenters. The molecule has 0 amide bonds. The van der Waals surface area contributed by atoms with Crippen molar-refractivity contribution in [1.82, 2.24) is 0 Å². The van der Waals surface area contributed by atoms with E-state index in [2.05, 4.69) is 6.92 Å². The molecule has 0 saturated carbocycles. The van der Waals surface area contributed by atoms with Gasteiger partial charge >= 0.3 is 5.97 Å². The Hall–Kier alpha value is -1.76. The molecule has 25 heavy (non-hydrogen) atoms. The standard InChI is InChI=1S/C19H28O6/c1-3-4-5-6-7-8-14-15(12-20)16(21)11-19(25,17(14)22)10-9-13(2)18(23)24/h7-9,17,20,22,25H,3-6,10-12H2,1-2H3,(H,23,24)/b8-7+,13-9+/t17-,19-/m0/s1. The zero-order valence-electron chi connectivity index (χ0n) is 14.9. The van der Waals surface area contributed by atoms with Gasteiger partial charge in [0.1, 0.15) is 11.7 Å². The van der Waals surface area contributed by atoms with Crippen molar-refractivity contribution in [3.8, 4) is 0 Å². The van der Waals surface area contributed by atoms with Crippen LogP contribution in [0.3, 0.4) is 0 Å². The van der Waals surface area contributed by atoms with E-state index >= 15 is 0 Å². The van der Waals surface area contributed by atoms with Crippen LogP contribution in [-0.2, 0) is 9.59 Å². The Bertz CT molecular complexity index is 587. The minimum atomic E-state index is -1.78. The van der Waals surface area contributed by atoms with Crippen molar-refractivity contribution in [3.63, 3.8) is 0 Å². The van der Waals surface area contributed by atoms with Gasteiger partial charge < -0.3 is 20.4 Å². The lowest BCUT2D eigenvalue weighted by Crippen LogP contribution is -2.49. The molecule has 0 aromatic rings. The minimum absolute atomic E-state index is 0.0293. The Labute approximate surface area is 148 Å². The van der Waals surface area contributed by atoms with E-state index < -0.39 is 30.1 Å². The van der Waals surface area contributed by atoms with E-state index in [1.54, 1.807) is 6.08 Å². The number of rotatable bonds is 9. The summed E-state index contributed by atoms with van der Waals surface area (Å²) in [4.78, 5) is 23.1. The number of carboxylic acid groups (broad SMARTS) is 1. The number of aliphatic hydroxyl groups is 3. The highest BCUT2D eigenvalue weighted by molar-refractivity contribution is 5.99. The molecule has 0 radical (unpaired) electrons. The van der Waals surface area contributed by atoms with Gasteiger partial charge in [-0.15, -0.1) is 0 Å². The lowest BCUT2D eigenvalue weighted by atomic mass is 9.75. The van der Waals surface area contributed by atoms with Gasteiger partial charge in [0, 0.05) is 17.6 Å². The number of aliphatic carboxylic acids is 1. The monoisotopic (exact) mass is 352 g/mol. The van der Waals surface area contributed by atoms with E-state index in [4.69, 9.17) is 5.11 Å². The summed E-state index contributed by atoms with van der Waals surface area (Å²) >= 11 is 0. The van der Waals surface area contributed by atoms with Crippen molar-refractivity contribution in [2.45, 2.75) is 64.1 Å². The highest BCUT2D eigenvalue weighted by Crippen LogP contribution is 2.35. The number of carboxylic acids is 1. The number of aliphatic hydroxyl groups excluding tert-OH is 2. The molecule has 0 spiro atoms. The predicted octanol–water partition coefficient (Wildman–Crippen LogP) is 1.90. The third kappa shape index (κ3) is 5.63. The zero-order valence-corrected chi connectivity index (χ0v) is 14.9.